The highest BCUT2D eigenvalue weighted by molar-refractivity contribution is 5.81. The summed E-state index contributed by atoms with van der Waals surface area (Å²) < 4.78 is 2.19. The maximum Gasteiger partial charge on any atom is 0.201 e. The molecule has 1 saturated heterocycles. The number of aryl methyl sites for hydroxylation is 1. The average Bonchev–Trinajstić information content (AvgIpc) is 2.97. The van der Waals surface area contributed by atoms with Crippen LogP contribution < -0.4 is 5.73 Å². The lowest BCUT2D eigenvalue weighted by Gasteiger charge is -2.14. The van der Waals surface area contributed by atoms with E-state index in [2.05, 4.69) is 46.5 Å². The van der Waals surface area contributed by atoms with Gasteiger partial charge in [-0.3, -0.25) is 0 Å². The summed E-state index contributed by atoms with van der Waals surface area (Å²) >= 11 is 0. The second kappa shape index (κ2) is 4.85. The molecule has 0 aliphatic carbocycles. The van der Waals surface area contributed by atoms with Crippen LogP contribution in [0.15, 0.2) is 18.2 Å². The molecule has 0 bridgehead atoms. The molecule has 4 heteroatoms. The molecule has 1 atom stereocenters. The van der Waals surface area contributed by atoms with Crippen LogP contribution in [-0.2, 0) is 6.54 Å². The molecule has 1 aromatic carbocycles. The lowest BCUT2D eigenvalue weighted by molar-refractivity contribution is 0.334. The fourth-order valence-electron chi connectivity index (χ4n) is 3.10. The topological polar surface area (TPSA) is 47.1 Å². The number of imidazole rings is 1. The first kappa shape index (κ1) is 12.5. The van der Waals surface area contributed by atoms with E-state index in [9.17, 15) is 0 Å². The Morgan fingerprint density at radius 2 is 2.26 bits per heavy atom. The summed E-state index contributed by atoms with van der Waals surface area (Å²) in [6.45, 7) is 8.85. The number of anilines is 1. The molecule has 102 valence electrons. The lowest BCUT2D eigenvalue weighted by atomic mass is 10.1. The molecule has 0 radical (unpaired) electrons. The Hall–Kier alpha value is -1.55. The fourth-order valence-corrected chi connectivity index (χ4v) is 3.10. The van der Waals surface area contributed by atoms with Crippen LogP contribution in [0.4, 0.5) is 5.95 Å². The molecule has 2 aromatic rings. The minimum absolute atomic E-state index is 0.652. The van der Waals surface area contributed by atoms with E-state index in [1.165, 1.54) is 30.6 Å². The predicted molar refractivity (Wildman–Crippen MR) is 79.1 cm³/mol. The Kier molecular flexibility index (Phi) is 3.19. The number of nitrogens with two attached hydrogens (primary N) is 1. The van der Waals surface area contributed by atoms with Crippen molar-refractivity contribution in [3.63, 3.8) is 0 Å². The molecule has 19 heavy (non-hydrogen) atoms. The Bertz CT molecular complexity index is 587. The number of nitrogens with zero attached hydrogens (tertiary/aromatic N) is 3. The molecule has 1 aromatic heterocycles. The number of benzene rings is 1. The highest BCUT2D eigenvalue weighted by Crippen LogP contribution is 2.25. The van der Waals surface area contributed by atoms with Gasteiger partial charge in [0.05, 0.1) is 11.0 Å². The largest absolute Gasteiger partial charge is 0.369 e. The third-order valence-corrected chi connectivity index (χ3v) is 4.27. The summed E-state index contributed by atoms with van der Waals surface area (Å²) in [5.41, 5.74) is 9.52. The van der Waals surface area contributed by atoms with E-state index < -0.39 is 0 Å². The number of para-hydroxylation sites is 1. The molecule has 3 rings (SSSR count). The SMILES string of the molecule is CCN1CCC(Cn2c(N)nc3c(C)cccc32)C1. The number of hydrogen-bond acceptors (Lipinski definition) is 3. The lowest BCUT2D eigenvalue weighted by Crippen LogP contribution is -2.21. The summed E-state index contributed by atoms with van der Waals surface area (Å²) in [5.74, 6) is 1.35. The molecule has 2 N–H and O–H groups in total. The van der Waals surface area contributed by atoms with Gasteiger partial charge < -0.3 is 15.2 Å². The van der Waals surface area contributed by atoms with Crippen LogP contribution >= 0.6 is 0 Å². The van der Waals surface area contributed by atoms with Gasteiger partial charge in [0.15, 0.2) is 0 Å². The number of nitrogen functional groups attached to an aromatic ring is 1. The first-order chi connectivity index (χ1) is 9.19. The number of rotatable bonds is 3. The summed E-state index contributed by atoms with van der Waals surface area (Å²) in [4.78, 5) is 7.03. The van der Waals surface area contributed by atoms with Crippen molar-refractivity contribution in [2.45, 2.75) is 26.8 Å². The maximum atomic E-state index is 6.11. The quantitative estimate of drug-likeness (QED) is 0.918. The van der Waals surface area contributed by atoms with Gasteiger partial charge in [0, 0.05) is 13.1 Å². The van der Waals surface area contributed by atoms with Gasteiger partial charge in [-0.05, 0) is 44.0 Å². The summed E-state index contributed by atoms with van der Waals surface area (Å²) in [7, 11) is 0. The van der Waals surface area contributed by atoms with Crippen molar-refractivity contribution in [2.75, 3.05) is 25.4 Å². The Morgan fingerprint density at radius 3 is 3.00 bits per heavy atom. The van der Waals surface area contributed by atoms with Gasteiger partial charge in [0.2, 0.25) is 5.95 Å². The number of aromatic nitrogens is 2. The van der Waals surface area contributed by atoms with Crippen LogP contribution in [-0.4, -0.2) is 34.1 Å². The van der Waals surface area contributed by atoms with Crippen molar-refractivity contribution in [1.82, 2.24) is 14.5 Å². The van der Waals surface area contributed by atoms with Crippen LogP contribution in [0.3, 0.4) is 0 Å². The molecule has 0 spiro atoms. The van der Waals surface area contributed by atoms with Gasteiger partial charge in [-0.25, -0.2) is 4.98 Å². The highest BCUT2D eigenvalue weighted by Gasteiger charge is 2.23. The molecular weight excluding hydrogens is 236 g/mol. The molecule has 4 nitrogen and oxygen atoms in total. The molecular formula is C15H22N4. The number of likely N-dealkylation sites (tertiary alicyclic amines) is 1. The van der Waals surface area contributed by atoms with Crippen LogP contribution in [0.25, 0.3) is 11.0 Å². The summed E-state index contributed by atoms with van der Waals surface area (Å²) in [5, 5.41) is 0. The highest BCUT2D eigenvalue weighted by atomic mass is 15.2. The van der Waals surface area contributed by atoms with Crippen molar-refractivity contribution >= 4 is 17.0 Å². The van der Waals surface area contributed by atoms with Gasteiger partial charge >= 0.3 is 0 Å². The Labute approximate surface area is 114 Å². The summed E-state index contributed by atoms with van der Waals surface area (Å²) in [6, 6.07) is 6.30. The van der Waals surface area contributed by atoms with Crippen LogP contribution in [0.2, 0.25) is 0 Å². The normalized spacial score (nSPS) is 20.4. The molecule has 1 fully saturated rings. The van der Waals surface area contributed by atoms with Gasteiger partial charge in [0.25, 0.3) is 0 Å². The zero-order valence-corrected chi connectivity index (χ0v) is 11.8. The van der Waals surface area contributed by atoms with Crippen molar-refractivity contribution in [2.24, 2.45) is 5.92 Å². The smallest absolute Gasteiger partial charge is 0.201 e. The minimum atomic E-state index is 0.652. The molecule has 2 heterocycles. The van der Waals surface area contributed by atoms with Crippen LogP contribution in [0.1, 0.15) is 18.9 Å². The molecule has 1 unspecified atom stereocenters. The second-order valence-corrected chi connectivity index (χ2v) is 5.57. The zero-order chi connectivity index (χ0) is 13.4. The minimum Gasteiger partial charge on any atom is -0.369 e. The van der Waals surface area contributed by atoms with E-state index in [-0.39, 0.29) is 0 Å². The first-order valence-electron chi connectivity index (χ1n) is 7.12. The van der Waals surface area contributed by atoms with E-state index in [1.807, 2.05) is 0 Å². The van der Waals surface area contributed by atoms with E-state index in [4.69, 9.17) is 5.73 Å². The average molecular weight is 258 g/mol. The third kappa shape index (κ3) is 2.21. The fraction of sp³-hybridized carbons (Fsp3) is 0.533. The predicted octanol–water partition coefficient (Wildman–Crippen LogP) is 2.27. The molecule has 1 aliphatic rings. The van der Waals surface area contributed by atoms with E-state index in [1.54, 1.807) is 0 Å². The van der Waals surface area contributed by atoms with Crippen molar-refractivity contribution in [3.05, 3.63) is 23.8 Å². The van der Waals surface area contributed by atoms with E-state index in [0.29, 0.717) is 11.9 Å². The first-order valence-corrected chi connectivity index (χ1v) is 7.12. The molecule has 0 saturated carbocycles. The van der Waals surface area contributed by atoms with Gasteiger partial charge in [-0.1, -0.05) is 19.1 Å². The van der Waals surface area contributed by atoms with Crippen molar-refractivity contribution < 1.29 is 0 Å². The van der Waals surface area contributed by atoms with Gasteiger partial charge in [-0.15, -0.1) is 0 Å². The van der Waals surface area contributed by atoms with Gasteiger partial charge in [-0.2, -0.15) is 0 Å². The van der Waals surface area contributed by atoms with Crippen LogP contribution in [0.5, 0.6) is 0 Å². The molecule has 0 amide bonds. The van der Waals surface area contributed by atoms with E-state index in [0.717, 1.165) is 18.6 Å². The number of fused-ring (bicyclic) bond motifs is 1. The van der Waals surface area contributed by atoms with E-state index >= 15 is 0 Å². The Balaban J connectivity index is 1.89. The molecule has 1 aliphatic heterocycles. The zero-order valence-electron chi connectivity index (χ0n) is 11.8. The maximum absolute atomic E-state index is 6.11. The second-order valence-electron chi connectivity index (χ2n) is 5.57. The van der Waals surface area contributed by atoms with Crippen LogP contribution in [0, 0.1) is 12.8 Å². The monoisotopic (exact) mass is 258 g/mol. The standard InChI is InChI=1S/C15H22N4/c1-3-18-8-7-12(9-18)10-19-13-6-4-5-11(2)14(13)17-15(19)16/h4-6,12H,3,7-10H2,1-2H3,(H2,16,17). The summed E-state index contributed by atoms with van der Waals surface area (Å²) in [6.07, 6.45) is 1.26. The van der Waals surface area contributed by atoms with Crippen molar-refractivity contribution in [1.29, 1.82) is 0 Å². The Morgan fingerprint density at radius 1 is 1.42 bits per heavy atom. The third-order valence-electron chi connectivity index (χ3n) is 4.27. The number of hydrogen-bond donors (Lipinski definition) is 1. The van der Waals surface area contributed by atoms with Crippen molar-refractivity contribution in [3.8, 4) is 0 Å². The van der Waals surface area contributed by atoms with Gasteiger partial charge in [0.1, 0.15) is 0 Å².